The van der Waals surface area contributed by atoms with Gasteiger partial charge in [-0.2, -0.15) is 0 Å². The van der Waals surface area contributed by atoms with Gasteiger partial charge >= 0.3 is 0 Å². The number of aromatic nitrogens is 2. The maximum atomic E-state index is 5.54. The first kappa shape index (κ1) is 12.3. The van der Waals surface area contributed by atoms with E-state index in [9.17, 15) is 0 Å². The molecular weight excluding hydrogens is 276 g/mol. The van der Waals surface area contributed by atoms with E-state index in [-0.39, 0.29) is 5.92 Å². The third-order valence-corrected chi connectivity index (χ3v) is 2.79. The molecule has 1 heterocycles. The van der Waals surface area contributed by atoms with Crippen LogP contribution >= 0.6 is 28.1 Å². The van der Waals surface area contributed by atoms with E-state index in [1.54, 1.807) is 12.4 Å². The standard InChI is InChI=1S/C9H13BrN4S/c1-6(8(11)15)5-14(2)9-12-3-7(10)4-13-9/h3-4,6H,5H2,1-2H3,(H2,11,15). The Morgan fingerprint density at radius 3 is 2.60 bits per heavy atom. The van der Waals surface area contributed by atoms with Gasteiger partial charge in [-0.3, -0.25) is 0 Å². The summed E-state index contributed by atoms with van der Waals surface area (Å²) in [6.45, 7) is 2.70. The van der Waals surface area contributed by atoms with Crippen molar-refractivity contribution in [2.75, 3.05) is 18.5 Å². The van der Waals surface area contributed by atoms with Gasteiger partial charge in [-0.15, -0.1) is 0 Å². The third-order valence-electron chi connectivity index (χ3n) is 1.98. The zero-order chi connectivity index (χ0) is 11.4. The van der Waals surface area contributed by atoms with Gasteiger partial charge in [-0.05, 0) is 15.9 Å². The minimum absolute atomic E-state index is 0.150. The Hall–Kier alpha value is -0.750. The van der Waals surface area contributed by atoms with Crippen molar-refractivity contribution in [1.29, 1.82) is 0 Å². The van der Waals surface area contributed by atoms with E-state index in [0.717, 1.165) is 11.0 Å². The van der Waals surface area contributed by atoms with Gasteiger partial charge < -0.3 is 10.6 Å². The molecule has 0 saturated heterocycles. The number of anilines is 1. The molecule has 6 heteroatoms. The molecule has 1 aromatic heterocycles. The topological polar surface area (TPSA) is 55.0 Å². The summed E-state index contributed by atoms with van der Waals surface area (Å²) in [5, 5.41) is 0. The Balaban J connectivity index is 2.64. The van der Waals surface area contributed by atoms with Crippen LogP contribution in [0.15, 0.2) is 16.9 Å². The number of nitrogens with zero attached hydrogens (tertiary/aromatic N) is 3. The van der Waals surface area contributed by atoms with Gasteiger partial charge in [0, 0.05) is 31.9 Å². The van der Waals surface area contributed by atoms with Crippen LogP contribution in [0.25, 0.3) is 0 Å². The second kappa shape index (κ2) is 5.37. The fraction of sp³-hybridized carbons (Fsp3) is 0.444. The normalized spacial score (nSPS) is 12.2. The highest BCUT2D eigenvalue weighted by Gasteiger charge is 2.10. The fourth-order valence-corrected chi connectivity index (χ4v) is 1.36. The number of thiocarbonyl (C=S) groups is 1. The first-order valence-corrected chi connectivity index (χ1v) is 5.69. The van der Waals surface area contributed by atoms with Crippen LogP contribution in [0.4, 0.5) is 5.95 Å². The van der Waals surface area contributed by atoms with Gasteiger partial charge in [-0.25, -0.2) is 9.97 Å². The number of rotatable bonds is 4. The Morgan fingerprint density at radius 1 is 1.60 bits per heavy atom. The highest BCUT2D eigenvalue weighted by Crippen LogP contribution is 2.11. The van der Waals surface area contributed by atoms with Crippen LogP contribution < -0.4 is 10.6 Å². The molecule has 15 heavy (non-hydrogen) atoms. The average Bonchev–Trinajstić information content (AvgIpc) is 2.18. The van der Waals surface area contributed by atoms with Crippen LogP contribution in [0.1, 0.15) is 6.92 Å². The van der Waals surface area contributed by atoms with Gasteiger partial charge in [0.05, 0.1) is 9.46 Å². The smallest absolute Gasteiger partial charge is 0.225 e. The second-order valence-corrected chi connectivity index (χ2v) is 4.77. The molecule has 0 aromatic carbocycles. The summed E-state index contributed by atoms with van der Waals surface area (Å²) < 4.78 is 0.863. The van der Waals surface area contributed by atoms with E-state index in [1.807, 2.05) is 18.9 Å². The summed E-state index contributed by atoms with van der Waals surface area (Å²) in [6.07, 6.45) is 3.43. The van der Waals surface area contributed by atoms with Crippen molar-refractivity contribution < 1.29 is 0 Å². The lowest BCUT2D eigenvalue weighted by Crippen LogP contribution is -2.32. The monoisotopic (exact) mass is 288 g/mol. The highest BCUT2D eigenvalue weighted by molar-refractivity contribution is 9.10. The SMILES string of the molecule is CC(CN(C)c1ncc(Br)cn1)C(N)=S. The molecule has 2 N–H and O–H groups in total. The van der Waals surface area contributed by atoms with Gasteiger partial charge in [0.1, 0.15) is 0 Å². The molecule has 4 nitrogen and oxygen atoms in total. The summed E-state index contributed by atoms with van der Waals surface area (Å²) in [5.74, 6) is 0.818. The Morgan fingerprint density at radius 2 is 2.13 bits per heavy atom. The average molecular weight is 289 g/mol. The molecular formula is C9H13BrN4S. The van der Waals surface area contributed by atoms with E-state index >= 15 is 0 Å². The van der Waals surface area contributed by atoms with Gasteiger partial charge in [-0.1, -0.05) is 19.1 Å². The number of hydrogen-bond donors (Lipinski definition) is 1. The van der Waals surface area contributed by atoms with Crippen LogP contribution in [0.2, 0.25) is 0 Å². The summed E-state index contributed by atoms with van der Waals surface area (Å²) in [4.78, 5) is 10.8. The van der Waals surface area contributed by atoms with Crippen molar-refractivity contribution in [1.82, 2.24) is 9.97 Å². The molecule has 0 saturated carbocycles. The molecule has 0 aliphatic rings. The van der Waals surface area contributed by atoms with Crippen LogP contribution in [-0.2, 0) is 0 Å². The quantitative estimate of drug-likeness (QED) is 0.853. The first-order chi connectivity index (χ1) is 7.00. The van der Waals surface area contributed by atoms with Crippen LogP contribution in [0, 0.1) is 5.92 Å². The maximum absolute atomic E-state index is 5.54. The third kappa shape index (κ3) is 3.71. The molecule has 0 fully saturated rings. The molecule has 1 aromatic rings. The van der Waals surface area contributed by atoms with Crippen molar-refractivity contribution in [2.45, 2.75) is 6.92 Å². The Labute approximate surface area is 103 Å². The van der Waals surface area contributed by atoms with Crippen LogP contribution in [-0.4, -0.2) is 28.5 Å². The predicted octanol–water partition coefficient (Wildman–Crippen LogP) is 1.60. The number of nitrogens with two attached hydrogens (primary N) is 1. The second-order valence-electron chi connectivity index (χ2n) is 3.39. The van der Waals surface area contributed by atoms with Crippen molar-refractivity contribution >= 4 is 39.1 Å². The zero-order valence-electron chi connectivity index (χ0n) is 8.64. The molecule has 82 valence electrons. The fourth-order valence-electron chi connectivity index (χ4n) is 1.09. The lowest BCUT2D eigenvalue weighted by molar-refractivity contribution is 0.725. The van der Waals surface area contributed by atoms with Crippen molar-refractivity contribution in [3.8, 4) is 0 Å². The van der Waals surface area contributed by atoms with Crippen LogP contribution in [0.3, 0.4) is 0 Å². The van der Waals surface area contributed by atoms with Crippen molar-refractivity contribution in [2.24, 2.45) is 11.7 Å². The maximum Gasteiger partial charge on any atom is 0.225 e. The predicted molar refractivity (Wildman–Crippen MR) is 69.0 cm³/mol. The molecule has 0 radical (unpaired) electrons. The van der Waals surface area contributed by atoms with Crippen molar-refractivity contribution in [3.05, 3.63) is 16.9 Å². The van der Waals surface area contributed by atoms with E-state index < -0.39 is 0 Å². The van der Waals surface area contributed by atoms with E-state index in [0.29, 0.717) is 10.9 Å². The lowest BCUT2D eigenvalue weighted by atomic mass is 10.2. The molecule has 0 bridgehead atoms. The summed E-state index contributed by atoms with van der Waals surface area (Å²) >= 11 is 8.19. The molecule has 1 rings (SSSR count). The largest absolute Gasteiger partial charge is 0.393 e. The van der Waals surface area contributed by atoms with E-state index in [1.165, 1.54) is 0 Å². The summed E-state index contributed by atoms with van der Waals surface area (Å²) in [6, 6.07) is 0. The minimum atomic E-state index is 0.150. The minimum Gasteiger partial charge on any atom is -0.393 e. The number of hydrogen-bond acceptors (Lipinski definition) is 4. The van der Waals surface area contributed by atoms with E-state index in [4.69, 9.17) is 18.0 Å². The molecule has 1 unspecified atom stereocenters. The molecule has 0 aliphatic heterocycles. The van der Waals surface area contributed by atoms with E-state index in [2.05, 4.69) is 25.9 Å². The van der Waals surface area contributed by atoms with Gasteiger partial charge in [0.2, 0.25) is 5.95 Å². The molecule has 0 amide bonds. The summed E-state index contributed by atoms with van der Waals surface area (Å²) in [5.41, 5.74) is 5.54. The lowest BCUT2D eigenvalue weighted by Gasteiger charge is -2.20. The number of halogens is 1. The zero-order valence-corrected chi connectivity index (χ0v) is 11.0. The molecule has 0 spiro atoms. The molecule has 0 aliphatic carbocycles. The van der Waals surface area contributed by atoms with Crippen LogP contribution in [0.5, 0.6) is 0 Å². The first-order valence-electron chi connectivity index (χ1n) is 4.48. The molecule has 1 atom stereocenters. The summed E-state index contributed by atoms with van der Waals surface area (Å²) in [7, 11) is 1.91. The Kier molecular flexibility index (Phi) is 4.41. The van der Waals surface area contributed by atoms with Gasteiger partial charge in [0.25, 0.3) is 0 Å². The Bertz CT molecular complexity index is 340. The van der Waals surface area contributed by atoms with Crippen molar-refractivity contribution in [3.63, 3.8) is 0 Å². The highest BCUT2D eigenvalue weighted by atomic mass is 79.9. The van der Waals surface area contributed by atoms with Gasteiger partial charge in [0.15, 0.2) is 0 Å².